The van der Waals surface area contributed by atoms with Gasteiger partial charge in [0.05, 0.1) is 25.3 Å². The number of nitrogens with one attached hydrogen (secondary N) is 1. The molecule has 174 valence electrons. The Hall–Kier alpha value is -3.68. The molecule has 0 aliphatic heterocycles. The Bertz CT molecular complexity index is 1090. The highest BCUT2D eigenvalue weighted by atomic mass is 16.5. The summed E-state index contributed by atoms with van der Waals surface area (Å²) < 4.78 is 12.4. The Kier molecular flexibility index (Phi) is 8.18. The van der Waals surface area contributed by atoms with Crippen LogP contribution in [0.3, 0.4) is 0 Å². The standard InChI is InChI=1S/C25H30N4O4/c1-5-32-23(31)15-14-22(30)26-19-10-12-20(13-11-19)29-24(21-9-7-6-8-18(21)4)27-25(28-29)33-16-17(2)3/h6-13,17H,5,14-16H2,1-4H3,(H,26,30). The molecule has 3 aromatic rings. The molecule has 1 N–H and O–H groups in total. The molecule has 0 aliphatic rings. The van der Waals surface area contributed by atoms with Gasteiger partial charge in [0, 0.05) is 17.7 Å². The maximum atomic E-state index is 12.1. The molecule has 0 spiro atoms. The lowest BCUT2D eigenvalue weighted by Crippen LogP contribution is -2.14. The first-order valence-electron chi connectivity index (χ1n) is 11.1. The lowest BCUT2D eigenvalue weighted by molar-refractivity contribution is -0.144. The SMILES string of the molecule is CCOC(=O)CCC(=O)Nc1ccc(-n2nc(OCC(C)C)nc2-c2ccccc2C)cc1. The van der Waals surface area contributed by atoms with Gasteiger partial charge in [-0.1, -0.05) is 38.1 Å². The molecular weight excluding hydrogens is 420 g/mol. The number of hydrogen-bond acceptors (Lipinski definition) is 6. The molecule has 0 saturated carbocycles. The molecule has 0 unspecified atom stereocenters. The topological polar surface area (TPSA) is 95.3 Å². The summed E-state index contributed by atoms with van der Waals surface area (Å²) in [6.07, 6.45) is 0.118. The average molecular weight is 451 g/mol. The van der Waals surface area contributed by atoms with Gasteiger partial charge in [0.15, 0.2) is 5.82 Å². The number of amides is 1. The van der Waals surface area contributed by atoms with Crippen LogP contribution in [0.2, 0.25) is 0 Å². The van der Waals surface area contributed by atoms with Crippen molar-refractivity contribution in [3.05, 3.63) is 54.1 Å². The molecular formula is C25H30N4O4. The van der Waals surface area contributed by atoms with E-state index in [0.717, 1.165) is 16.8 Å². The fourth-order valence-corrected chi connectivity index (χ4v) is 3.13. The van der Waals surface area contributed by atoms with Gasteiger partial charge >= 0.3 is 12.0 Å². The highest BCUT2D eigenvalue weighted by molar-refractivity contribution is 5.92. The number of esters is 1. The van der Waals surface area contributed by atoms with Crippen molar-refractivity contribution in [1.82, 2.24) is 14.8 Å². The molecule has 0 bridgehead atoms. The van der Waals surface area contributed by atoms with Gasteiger partial charge in [0.2, 0.25) is 5.91 Å². The smallest absolute Gasteiger partial charge is 0.336 e. The molecule has 0 radical (unpaired) electrons. The van der Waals surface area contributed by atoms with E-state index in [2.05, 4.69) is 29.2 Å². The van der Waals surface area contributed by atoms with Crippen LogP contribution >= 0.6 is 0 Å². The van der Waals surface area contributed by atoms with Crippen LogP contribution in [-0.2, 0) is 14.3 Å². The zero-order chi connectivity index (χ0) is 23.8. The third kappa shape index (κ3) is 6.65. The highest BCUT2D eigenvalue weighted by Gasteiger charge is 2.17. The molecule has 3 rings (SSSR count). The van der Waals surface area contributed by atoms with E-state index in [-0.39, 0.29) is 24.7 Å². The number of hydrogen-bond donors (Lipinski definition) is 1. The molecule has 1 amide bonds. The van der Waals surface area contributed by atoms with E-state index in [4.69, 9.17) is 9.47 Å². The highest BCUT2D eigenvalue weighted by Crippen LogP contribution is 2.27. The van der Waals surface area contributed by atoms with Gasteiger partial charge in [-0.25, -0.2) is 4.68 Å². The molecule has 33 heavy (non-hydrogen) atoms. The van der Waals surface area contributed by atoms with Gasteiger partial charge in [0.1, 0.15) is 0 Å². The zero-order valence-corrected chi connectivity index (χ0v) is 19.5. The Labute approximate surface area is 193 Å². The van der Waals surface area contributed by atoms with Gasteiger partial charge in [-0.2, -0.15) is 4.98 Å². The van der Waals surface area contributed by atoms with E-state index in [1.54, 1.807) is 23.7 Å². The van der Waals surface area contributed by atoms with Crippen LogP contribution in [0.1, 0.15) is 39.2 Å². The third-order valence-corrected chi connectivity index (χ3v) is 4.78. The molecule has 1 aromatic heterocycles. The van der Waals surface area contributed by atoms with Gasteiger partial charge in [-0.15, -0.1) is 5.10 Å². The predicted octanol–water partition coefficient (Wildman–Crippen LogP) is 4.56. The first-order chi connectivity index (χ1) is 15.9. The summed E-state index contributed by atoms with van der Waals surface area (Å²) in [5, 5.41) is 7.37. The van der Waals surface area contributed by atoms with Gasteiger partial charge in [-0.05, 0) is 49.6 Å². The van der Waals surface area contributed by atoms with E-state index >= 15 is 0 Å². The van der Waals surface area contributed by atoms with Crippen molar-refractivity contribution in [1.29, 1.82) is 0 Å². The van der Waals surface area contributed by atoms with E-state index < -0.39 is 0 Å². The van der Waals surface area contributed by atoms with Crippen molar-refractivity contribution in [2.45, 2.75) is 40.5 Å². The van der Waals surface area contributed by atoms with Crippen LogP contribution in [0.15, 0.2) is 48.5 Å². The number of anilines is 1. The molecule has 0 saturated heterocycles. The van der Waals surface area contributed by atoms with Crippen molar-refractivity contribution in [2.24, 2.45) is 5.92 Å². The van der Waals surface area contributed by atoms with Gasteiger partial charge in [0.25, 0.3) is 0 Å². The predicted molar refractivity (Wildman–Crippen MR) is 126 cm³/mol. The number of rotatable bonds is 10. The van der Waals surface area contributed by atoms with E-state index in [0.29, 0.717) is 36.7 Å². The minimum Gasteiger partial charge on any atom is -0.466 e. The molecule has 1 heterocycles. The number of aryl methyl sites for hydroxylation is 1. The number of aromatic nitrogens is 3. The Morgan fingerprint density at radius 1 is 1.06 bits per heavy atom. The first-order valence-corrected chi connectivity index (χ1v) is 11.1. The lowest BCUT2D eigenvalue weighted by atomic mass is 10.1. The van der Waals surface area contributed by atoms with Gasteiger partial charge in [-0.3, -0.25) is 9.59 Å². The van der Waals surface area contributed by atoms with E-state index in [9.17, 15) is 9.59 Å². The maximum Gasteiger partial charge on any atom is 0.336 e. The number of carbonyl (C=O) groups is 2. The van der Waals surface area contributed by atoms with Crippen LogP contribution in [0.25, 0.3) is 17.1 Å². The van der Waals surface area contributed by atoms with Crippen LogP contribution in [0, 0.1) is 12.8 Å². The Balaban J connectivity index is 1.79. The number of carbonyl (C=O) groups excluding carboxylic acids is 2. The molecule has 0 aliphatic carbocycles. The molecule has 2 aromatic carbocycles. The lowest BCUT2D eigenvalue weighted by Gasteiger charge is -2.09. The van der Waals surface area contributed by atoms with Crippen molar-refractivity contribution < 1.29 is 19.1 Å². The zero-order valence-electron chi connectivity index (χ0n) is 19.5. The van der Waals surface area contributed by atoms with Crippen LogP contribution in [0.5, 0.6) is 6.01 Å². The molecule has 8 nitrogen and oxygen atoms in total. The second-order valence-electron chi connectivity index (χ2n) is 8.05. The summed E-state index contributed by atoms with van der Waals surface area (Å²) in [7, 11) is 0. The minimum atomic E-state index is -0.381. The number of benzene rings is 2. The normalized spacial score (nSPS) is 10.8. The summed E-state index contributed by atoms with van der Waals surface area (Å²) in [4.78, 5) is 28.2. The van der Waals surface area contributed by atoms with E-state index in [1.807, 2.05) is 43.3 Å². The third-order valence-electron chi connectivity index (χ3n) is 4.78. The van der Waals surface area contributed by atoms with Gasteiger partial charge < -0.3 is 14.8 Å². The van der Waals surface area contributed by atoms with Crippen LogP contribution < -0.4 is 10.1 Å². The van der Waals surface area contributed by atoms with Crippen LogP contribution in [0.4, 0.5) is 5.69 Å². The Morgan fingerprint density at radius 2 is 1.79 bits per heavy atom. The molecule has 0 fully saturated rings. The summed E-state index contributed by atoms with van der Waals surface area (Å²) in [5.74, 6) is 0.401. The quantitative estimate of drug-likeness (QED) is 0.455. The second-order valence-corrected chi connectivity index (χ2v) is 8.05. The average Bonchev–Trinajstić information content (AvgIpc) is 3.21. The summed E-state index contributed by atoms with van der Waals surface area (Å²) in [6.45, 7) is 8.72. The van der Waals surface area contributed by atoms with Crippen molar-refractivity contribution >= 4 is 17.6 Å². The largest absolute Gasteiger partial charge is 0.466 e. The van der Waals surface area contributed by atoms with Crippen molar-refractivity contribution in [3.8, 4) is 23.1 Å². The minimum absolute atomic E-state index is 0.0512. The number of nitrogens with zero attached hydrogens (tertiary/aromatic N) is 3. The summed E-state index contributed by atoms with van der Waals surface area (Å²) in [5.41, 5.74) is 3.44. The fraction of sp³-hybridized carbons (Fsp3) is 0.360. The second kappa shape index (κ2) is 11.3. The molecule has 8 heteroatoms. The monoisotopic (exact) mass is 450 g/mol. The van der Waals surface area contributed by atoms with E-state index in [1.165, 1.54) is 0 Å². The van der Waals surface area contributed by atoms with Crippen LogP contribution in [-0.4, -0.2) is 39.9 Å². The summed E-state index contributed by atoms with van der Waals surface area (Å²) in [6, 6.07) is 15.6. The number of ether oxygens (including phenoxy) is 2. The Morgan fingerprint density at radius 3 is 2.45 bits per heavy atom. The summed E-state index contributed by atoms with van der Waals surface area (Å²) >= 11 is 0. The first kappa shape index (κ1) is 24.0. The maximum absolute atomic E-state index is 12.1. The van der Waals surface area contributed by atoms with Crippen molar-refractivity contribution in [3.63, 3.8) is 0 Å². The molecule has 0 atom stereocenters. The van der Waals surface area contributed by atoms with Crippen molar-refractivity contribution in [2.75, 3.05) is 18.5 Å². The fourth-order valence-electron chi connectivity index (χ4n) is 3.13.